The number of anilines is 1. The van der Waals surface area contributed by atoms with Crippen molar-refractivity contribution in [1.29, 1.82) is 0 Å². The summed E-state index contributed by atoms with van der Waals surface area (Å²) in [4.78, 5) is 29.0. The van der Waals surface area contributed by atoms with Crippen LogP contribution in [0, 0.1) is 34.6 Å². The van der Waals surface area contributed by atoms with Gasteiger partial charge in [-0.3, -0.25) is 9.59 Å². The predicted octanol–water partition coefficient (Wildman–Crippen LogP) is 2.96. The number of hydrogen-bond acceptors (Lipinski definition) is 4. The fraction of sp³-hybridized carbons (Fsp3) is 0.364. The summed E-state index contributed by atoms with van der Waals surface area (Å²) in [5, 5.41) is 10.0. The number of nitrogens with zero attached hydrogens (tertiary/aromatic N) is 3. The van der Waals surface area contributed by atoms with Crippen LogP contribution in [-0.2, 0) is 16.0 Å². The maximum absolute atomic E-state index is 12.3. The summed E-state index contributed by atoms with van der Waals surface area (Å²) in [5.41, 5.74) is 7.40. The fourth-order valence-electron chi connectivity index (χ4n) is 3.50. The van der Waals surface area contributed by atoms with E-state index in [0.29, 0.717) is 6.42 Å². The average Bonchev–Trinajstić information content (AvgIpc) is 3.03. The molecule has 2 aromatic heterocycles. The second-order valence-corrected chi connectivity index (χ2v) is 7.41. The third-order valence-corrected chi connectivity index (χ3v) is 5.08. The van der Waals surface area contributed by atoms with Gasteiger partial charge in [0.05, 0.1) is 12.2 Å². The van der Waals surface area contributed by atoms with Gasteiger partial charge in [-0.1, -0.05) is 18.2 Å². The lowest BCUT2D eigenvalue weighted by Gasteiger charge is -2.13. The van der Waals surface area contributed by atoms with Crippen LogP contribution >= 0.6 is 0 Å². The molecule has 0 saturated carbocycles. The number of benzene rings is 1. The lowest BCUT2D eigenvalue weighted by molar-refractivity contribution is -0.124. The summed E-state index contributed by atoms with van der Waals surface area (Å²) in [5.74, 6) is -0.407. The van der Waals surface area contributed by atoms with Crippen LogP contribution in [0.5, 0.6) is 0 Å². The largest absolute Gasteiger partial charge is 0.347 e. The molecular formula is C22H27N5O2. The van der Waals surface area contributed by atoms with Gasteiger partial charge in [-0.05, 0) is 57.7 Å². The normalized spacial score (nSPS) is 10.9. The van der Waals surface area contributed by atoms with Gasteiger partial charge >= 0.3 is 0 Å². The number of carbonyl (C=O) groups excluding carboxylic acids is 2. The molecule has 0 atom stereocenters. The van der Waals surface area contributed by atoms with E-state index >= 15 is 0 Å². The fourth-order valence-corrected chi connectivity index (χ4v) is 3.50. The van der Waals surface area contributed by atoms with Crippen molar-refractivity contribution in [1.82, 2.24) is 19.9 Å². The highest BCUT2D eigenvalue weighted by Gasteiger charge is 2.14. The van der Waals surface area contributed by atoms with Crippen molar-refractivity contribution >= 4 is 23.1 Å². The minimum atomic E-state index is -0.238. The van der Waals surface area contributed by atoms with E-state index in [1.165, 1.54) is 0 Å². The average molecular weight is 393 g/mol. The lowest BCUT2D eigenvalue weighted by atomic mass is 10.1. The molecule has 0 unspecified atom stereocenters. The Morgan fingerprint density at radius 2 is 1.72 bits per heavy atom. The number of hydrogen-bond donors (Lipinski definition) is 2. The molecule has 2 N–H and O–H groups in total. The summed E-state index contributed by atoms with van der Waals surface area (Å²) >= 11 is 0. The van der Waals surface area contributed by atoms with Gasteiger partial charge in [0, 0.05) is 29.6 Å². The Morgan fingerprint density at radius 3 is 2.41 bits per heavy atom. The number of carbonyl (C=O) groups is 2. The Balaban J connectivity index is 1.56. The van der Waals surface area contributed by atoms with Crippen molar-refractivity contribution in [3.8, 4) is 0 Å². The topological polar surface area (TPSA) is 88.4 Å². The van der Waals surface area contributed by atoms with E-state index in [-0.39, 0.29) is 24.8 Å². The standard InChI is InChI=1S/C22H27N5O2/c1-13-7-6-8-14(2)22(13)25-21(29)12-23-20(28)10-9-18-16(4)24-19-11-15(3)26-27(19)17(18)5/h6-8,11H,9-10,12H2,1-5H3,(H,23,28)(H,25,29). The highest BCUT2D eigenvalue weighted by molar-refractivity contribution is 5.95. The van der Waals surface area contributed by atoms with Gasteiger partial charge in [0.2, 0.25) is 11.8 Å². The van der Waals surface area contributed by atoms with Crippen LogP contribution in [0.3, 0.4) is 0 Å². The van der Waals surface area contributed by atoms with Crippen molar-refractivity contribution in [2.45, 2.75) is 47.5 Å². The molecule has 0 saturated heterocycles. The number of aromatic nitrogens is 3. The number of amides is 2. The summed E-state index contributed by atoms with van der Waals surface area (Å²) in [6.45, 7) is 9.69. The maximum Gasteiger partial charge on any atom is 0.243 e. The first kappa shape index (κ1) is 20.5. The minimum absolute atomic E-state index is 0.0553. The maximum atomic E-state index is 12.3. The molecule has 0 fully saturated rings. The van der Waals surface area contributed by atoms with Gasteiger partial charge in [-0.15, -0.1) is 0 Å². The van der Waals surface area contributed by atoms with Crippen molar-refractivity contribution in [3.05, 3.63) is 58.0 Å². The molecular weight excluding hydrogens is 366 g/mol. The first-order valence-electron chi connectivity index (χ1n) is 9.71. The molecule has 0 aliphatic rings. The molecule has 29 heavy (non-hydrogen) atoms. The number of rotatable bonds is 6. The van der Waals surface area contributed by atoms with E-state index in [0.717, 1.165) is 45.1 Å². The third-order valence-electron chi connectivity index (χ3n) is 5.08. The summed E-state index contributed by atoms with van der Waals surface area (Å²) < 4.78 is 1.81. The van der Waals surface area contributed by atoms with Crippen molar-refractivity contribution in [3.63, 3.8) is 0 Å². The number of nitrogens with one attached hydrogen (secondary N) is 2. The third kappa shape index (κ3) is 4.62. The molecule has 2 heterocycles. The van der Waals surface area contributed by atoms with E-state index in [4.69, 9.17) is 0 Å². The van der Waals surface area contributed by atoms with Gasteiger partial charge in [0.25, 0.3) is 0 Å². The van der Waals surface area contributed by atoms with Gasteiger partial charge in [0.1, 0.15) is 0 Å². The first-order chi connectivity index (χ1) is 13.8. The smallest absolute Gasteiger partial charge is 0.243 e. The van der Waals surface area contributed by atoms with Crippen molar-refractivity contribution < 1.29 is 9.59 Å². The molecule has 7 heteroatoms. The van der Waals surface area contributed by atoms with Crippen molar-refractivity contribution in [2.75, 3.05) is 11.9 Å². The second-order valence-electron chi connectivity index (χ2n) is 7.41. The molecule has 3 aromatic rings. The Hall–Kier alpha value is -3.22. The Morgan fingerprint density at radius 1 is 1.03 bits per heavy atom. The van der Waals surface area contributed by atoms with Crippen LogP contribution in [0.1, 0.15) is 40.2 Å². The van der Waals surface area contributed by atoms with E-state index in [9.17, 15) is 9.59 Å². The molecule has 7 nitrogen and oxygen atoms in total. The Kier molecular flexibility index (Phi) is 5.96. The molecule has 0 aliphatic carbocycles. The van der Waals surface area contributed by atoms with E-state index in [1.54, 1.807) is 0 Å². The van der Waals surface area contributed by atoms with Gasteiger partial charge < -0.3 is 10.6 Å². The van der Waals surface area contributed by atoms with Gasteiger partial charge in [0.15, 0.2) is 5.65 Å². The van der Waals surface area contributed by atoms with Crippen LogP contribution in [0.2, 0.25) is 0 Å². The number of aryl methyl sites for hydroxylation is 5. The molecule has 0 aliphatic heterocycles. The van der Waals surface area contributed by atoms with Crippen LogP contribution in [0.4, 0.5) is 5.69 Å². The van der Waals surface area contributed by atoms with E-state index in [1.807, 2.05) is 63.4 Å². The molecule has 0 spiro atoms. The first-order valence-corrected chi connectivity index (χ1v) is 9.71. The molecule has 152 valence electrons. The Bertz CT molecular complexity index is 1060. The SMILES string of the molecule is Cc1cc2nc(C)c(CCC(=O)NCC(=O)Nc3c(C)cccc3C)c(C)n2n1. The lowest BCUT2D eigenvalue weighted by Crippen LogP contribution is -2.33. The highest BCUT2D eigenvalue weighted by Crippen LogP contribution is 2.19. The van der Waals surface area contributed by atoms with Crippen LogP contribution in [-0.4, -0.2) is 33.0 Å². The quantitative estimate of drug-likeness (QED) is 0.674. The zero-order chi connectivity index (χ0) is 21.1. The molecule has 3 rings (SSSR count). The summed E-state index contributed by atoms with van der Waals surface area (Å²) in [6, 6.07) is 7.77. The molecule has 0 bridgehead atoms. The summed E-state index contributed by atoms with van der Waals surface area (Å²) in [7, 11) is 0. The van der Waals surface area contributed by atoms with Crippen LogP contribution in [0.25, 0.3) is 5.65 Å². The minimum Gasteiger partial charge on any atom is -0.347 e. The van der Waals surface area contributed by atoms with E-state index in [2.05, 4.69) is 20.7 Å². The summed E-state index contributed by atoms with van der Waals surface area (Å²) in [6.07, 6.45) is 0.829. The monoisotopic (exact) mass is 393 g/mol. The zero-order valence-corrected chi connectivity index (χ0v) is 17.6. The highest BCUT2D eigenvalue weighted by atomic mass is 16.2. The molecule has 2 amide bonds. The van der Waals surface area contributed by atoms with Crippen LogP contribution in [0.15, 0.2) is 24.3 Å². The zero-order valence-electron chi connectivity index (χ0n) is 17.6. The molecule has 0 radical (unpaired) electrons. The van der Waals surface area contributed by atoms with Gasteiger partial charge in [-0.25, -0.2) is 9.50 Å². The Labute approximate surface area is 170 Å². The number of fused-ring (bicyclic) bond motifs is 1. The van der Waals surface area contributed by atoms with E-state index < -0.39 is 0 Å². The predicted molar refractivity (Wildman–Crippen MR) is 113 cm³/mol. The van der Waals surface area contributed by atoms with Crippen LogP contribution < -0.4 is 10.6 Å². The second kappa shape index (κ2) is 8.43. The van der Waals surface area contributed by atoms with Crippen molar-refractivity contribution in [2.24, 2.45) is 0 Å². The number of para-hydroxylation sites is 1. The van der Waals surface area contributed by atoms with Gasteiger partial charge in [-0.2, -0.15) is 5.10 Å². The molecule has 1 aromatic carbocycles.